The third kappa shape index (κ3) is 3.50. The number of rotatable bonds is 3. The SMILES string of the molecule is O=C(c1[nH]c2ccccc2c1Cl)N1CCN(S(=O)(=O)c2ccc(F)cc2F)CC1. The number of carbonyl (C=O) groups is 1. The van der Waals surface area contributed by atoms with Gasteiger partial charge in [0.15, 0.2) is 0 Å². The molecule has 0 spiro atoms. The van der Waals surface area contributed by atoms with Crippen LogP contribution in [0.5, 0.6) is 0 Å². The van der Waals surface area contributed by atoms with Crippen molar-refractivity contribution in [2.75, 3.05) is 26.2 Å². The smallest absolute Gasteiger partial charge is 0.271 e. The first-order valence-electron chi connectivity index (χ1n) is 8.80. The number of carbonyl (C=O) groups excluding carboxylic acids is 1. The Labute approximate surface area is 170 Å². The van der Waals surface area contributed by atoms with Crippen LogP contribution < -0.4 is 0 Å². The summed E-state index contributed by atoms with van der Waals surface area (Å²) in [5.74, 6) is -2.34. The molecule has 6 nitrogen and oxygen atoms in total. The molecule has 1 fully saturated rings. The maximum atomic E-state index is 13.9. The lowest BCUT2D eigenvalue weighted by Crippen LogP contribution is -2.50. The quantitative estimate of drug-likeness (QED) is 0.680. The van der Waals surface area contributed by atoms with Crippen LogP contribution in [0.3, 0.4) is 0 Å². The molecule has 0 aliphatic carbocycles. The Hall–Kier alpha value is -2.49. The number of hydrogen-bond acceptors (Lipinski definition) is 3. The van der Waals surface area contributed by atoms with Crippen molar-refractivity contribution in [3.05, 3.63) is 64.8 Å². The molecule has 1 amide bonds. The Kier molecular flexibility index (Phi) is 5.05. The van der Waals surface area contributed by atoms with Crippen molar-refractivity contribution in [1.82, 2.24) is 14.2 Å². The van der Waals surface area contributed by atoms with Crippen LogP contribution in [0.15, 0.2) is 47.4 Å². The number of nitrogens with zero attached hydrogens (tertiary/aromatic N) is 2. The average Bonchev–Trinajstić information content (AvgIpc) is 3.04. The number of halogens is 3. The topological polar surface area (TPSA) is 73.5 Å². The number of sulfonamides is 1. The average molecular weight is 440 g/mol. The summed E-state index contributed by atoms with van der Waals surface area (Å²) in [5.41, 5.74) is 0.975. The standard InChI is InChI=1S/C19H16ClF2N3O3S/c20-17-13-3-1-2-4-15(13)23-18(17)19(26)24-7-9-25(10-8-24)29(27,28)16-6-5-12(21)11-14(16)22/h1-6,11,23H,7-10H2. The Morgan fingerprint density at radius 2 is 1.72 bits per heavy atom. The molecule has 0 saturated carbocycles. The summed E-state index contributed by atoms with van der Waals surface area (Å²) in [5, 5.41) is 1.04. The van der Waals surface area contributed by atoms with Gasteiger partial charge in [0, 0.05) is 43.1 Å². The van der Waals surface area contributed by atoms with Crippen molar-refractivity contribution in [2.24, 2.45) is 0 Å². The molecule has 0 unspecified atom stereocenters. The summed E-state index contributed by atoms with van der Waals surface area (Å²) >= 11 is 6.33. The second-order valence-corrected chi connectivity index (χ2v) is 8.91. The minimum absolute atomic E-state index is 0.0112. The second kappa shape index (κ2) is 7.40. The van der Waals surface area contributed by atoms with E-state index in [1.165, 1.54) is 4.90 Å². The van der Waals surface area contributed by atoms with Gasteiger partial charge in [-0.3, -0.25) is 4.79 Å². The lowest BCUT2D eigenvalue weighted by Gasteiger charge is -2.33. The number of para-hydroxylation sites is 1. The van der Waals surface area contributed by atoms with Crippen molar-refractivity contribution < 1.29 is 22.0 Å². The molecule has 10 heteroatoms. The number of amides is 1. The number of aromatic nitrogens is 1. The van der Waals surface area contributed by atoms with Crippen molar-refractivity contribution in [3.63, 3.8) is 0 Å². The van der Waals surface area contributed by atoms with Crippen LogP contribution >= 0.6 is 11.6 Å². The zero-order chi connectivity index (χ0) is 20.8. The van der Waals surface area contributed by atoms with Crippen LogP contribution in [0.4, 0.5) is 8.78 Å². The van der Waals surface area contributed by atoms with Crippen LogP contribution in [0.25, 0.3) is 10.9 Å². The number of benzene rings is 2. The van der Waals surface area contributed by atoms with Crippen molar-refractivity contribution in [3.8, 4) is 0 Å². The summed E-state index contributed by atoms with van der Waals surface area (Å²) < 4.78 is 53.4. The van der Waals surface area contributed by atoms with E-state index in [0.29, 0.717) is 11.1 Å². The first kappa shape index (κ1) is 19.8. The molecule has 0 bridgehead atoms. The van der Waals surface area contributed by atoms with E-state index in [9.17, 15) is 22.0 Å². The van der Waals surface area contributed by atoms with E-state index in [1.54, 1.807) is 12.1 Å². The highest BCUT2D eigenvalue weighted by Crippen LogP contribution is 2.29. The van der Waals surface area contributed by atoms with Gasteiger partial charge in [0.05, 0.1) is 5.02 Å². The van der Waals surface area contributed by atoms with Gasteiger partial charge in [0.2, 0.25) is 10.0 Å². The fraction of sp³-hybridized carbons (Fsp3) is 0.211. The molecule has 2 aromatic carbocycles. The molecule has 0 atom stereocenters. The molecular formula is C19H16ClF2N3O3S. The second-order valence-electron chi connectivity index (χ2n) is 6.63. The van der Waals surface area contributed by atoms with Gasteiger partial charge in [-0.2, -0.15) is 4.31 Å². The number of aromatic amines is 1. The zero-order valence-electron chi connectivity index (χ0n) is 15.0. The van der Waals surface area contributed by atoms with E-state index in [0.717, 1.165) is 27.3 Å². The number of fused-ring (bicyclic) bond motifs is 1. The van der Waals surface area contributed by atoms with Crippen LogP contribution in [0.1, 0.15) is 10.5 Å². The third-order valence-electron chi connectivity index (χ3n) is 4.89. The van der Waals surface area contributed by atoms with Crippen molar-refractivity contribution in [2.45, 2.75) is 4.90 Å². The highest BCUT2D eigenvalue weighted by Gasteiger charge is 2.33. The number of H-pyrrole nitrogens is 1. The van der Waals surface area contributed by atoms with E-state index in [-0.39, 0.29) is 37.8 Å². The molecule has 1 saturated heterocycles. The monoisotopic (exact) mass is 439 g/mol. The van der Waals surface area contributed by atoms with Gasteiger partial charge < -0.3 is 9.88 Å². The Morgan fingerprint density at radius 1 is 1.03 bits per heavy atom. The van der Waals surface area contributed by atoms with Crippen LogP contribution in [-0.2, 0) is 10.0 Å². The van der Waals surface area contributed by atoms with Crippen molar-refractivity contribution >= 4 is 38.4 Å². The van der Waals surface area contributed by atoms with E-state index in [1.807, 2.05) is 12.1 Å². The molecule has 29 heavy (non-hydrogen) atoms. The molecule has 152 valence electrons. The lowest BCUT2D eigenvalue weighted by molar-refractivity contribution is 0.0693. The fourth-order valence-electron chi connectivity index (χ4n) is 3.37. The highest BCUT2D eigenvalue weighted by molar-refractivity contribution is 7.89. The summed E-state index contributed by atoms with van der Waals surface area (Å²) in [6, 6.07) is 9.57. The largest absolute Gasteiger partial charge is 0.349 e. The van der Waals surface area contributed by atoms with E-state index >= 15 is 0 Å². The molecule has 0 radical (unpaired) electrons. The zero-order valence-corrected chi connectivity index (χ0v) is 16.6. The van der Waals surface area contributed by atoms with Gasteiger partial charge in [-0.1, -0.05) is 29.8 Å². The molecule has 1 aromatic heterocycles. The normalized spacial score (nSPS) is 15.8. The third-order valence-corrected chi connectivity index (χ3v) is 7.22. The predicted octanol–water partition coefficient (Wildman–Crippen LogP) is 3.25. The summed E-state index contributed by atoms with van der Waals surface area (Å²) in [7, 11) is -4.13. The minimum atomic E-state index is -4.13. The van der Waals surface area contributed by atoms with Gasteiger partial charge in [-0.15, -0.1) is 0 Å². The van der Waals surface area contributed by atoms with Crippen LogP contribution in [0.2, 0.25) is 5.02 Å². The lowest BCUT2D eigenvalue weighted by atomic mass is 10.2. The maximum absolute atomic E-state index is 13.9. The van der Waals surface area contributed by atoms with Gasteiger partial charge in [-0.25, -0.2) is 17.2 Å². The fourth-order valence-corrected chi connectivity index (χ4v) is 5.13. The van der Waals surface area contributed by atoms with Gasteiger partial charge >= 0.3 is 0 Å². The Balaban J connectivity index is 1.51. The van der Waals surface area contributed by atoms with Gasteiger partial charge in [0.25, 0.3) is 5.91 Å². The molecule has 1 N–H and O–H groups in total. The highest BCUT2D eigenvalue weighted by atomic mass is 35.5. The van der Waals surface area contributed by atoms with E-state index < -0.39 is 26.6 Å². The maximum Gasteiger partial charge on any atom is 0.271 e. The first-order chi connectivity index (χ1) is 13.8. The van der Waals surface area contributed by atoms with E-state index in [2.05, 4.69) is 4.98 Å². The van der Waals surface area contributed by atoms with Crippen molar-refractivity contribution in [1.29, 1.82) is 0 Å². The van der Waals surface area contributed by atoms with Gasteiger partial charge in [-0.05, 0) is 18.2 Å². The summed E-state index contributed by atoms with van der Waals surface area (Å²) in [6.07, 6.45) is 0. The molecular weight excluding hydrogens is 424 g/mol. The number of nitrogens with one attached hydrogen (secondary N) is 1. The first-order valence-corrected chi connectivity index (χ1v) is 10.6. The molecule has 2 heterocycles. The molecule has 1 aliphatic rings. The number of piperazine rings is 1. The van der Waals surface area contributed by atoms with Gasteiger partial charge in [0.1, 0.15) is 22.2 Å². The van der Waals surface area contributed by atoms with Crippen LogP contribution in [-0.4, -0.2) is 54.7 Å². The molecule has 3 aromatic rings. The van der Waals surface area contributed by atoms with Crippen LogP contribution in [0, 0.1) is 11.6 Å². The Morgan fingerprint density at radius 3 is 2.38 bits per heavy atom. The van der Waals surface area contributed by atoms with E-state index in [4.69, 9.17) is 11.6 Å². The molecule has 4 rings (SSSR count). The predicted molar refractivity (Wildman–Crippen MR) is 104 cm³/mol. The summed E-state index contributed by atoms with van der Waals surface area (Å²) in [4.78, 5) is 16.8. The number of hydrogen-bond donors (Lipinski definition) is 1. The summed E-state index contributed by atoms with van der Waals surface area (Å²) in [6.45, 7) is 0.213. The minimum Gasteiger partial charge on any atom is -0.349 e. The molecule has 1 aliphatic heterocycles. The Bertz CT molecular complexity index is 1200.